The number of alkyl halides is 3. The molecular formula is C14H9ClF3NO3. The Morgan fingerprint density at radius 3 is 2.36 bits per heavy atom. The van der Waals surface area contributed by atoms with Crippen molar-refractivity contribution in [2.75, 3.05) is 7.11 Å². The Balaban J connectivity index is 2.41. The molecule has 0 bridgehead atoms. The first-order valence-electron chi connectivity index (χ1n) is 5.91. The van der Waals surface area contributed by atoms with E-state index in [4.69, 9.17) is 11.6 Å². The van der Waals surface area contributed by atoms with Gasteiger partial charge in [-0.2, -0.15) is 0 Å². The molecule has 1 aromatic heterocycles. The number of carbonyl (C=O) groups excluding carboxylic acids is 1. The van der Waals surface area contributed by atoms with Gasteiger partial charge in [-0.25, -0.2) is 4.79 Å². The molecule has 0 unspecified atom stereocenters. The Labute approximate surface area is 128 Å². The molecule has 2 rings (SSSR count). The smallest absolute Gasteiger partial charge is 0.465 e. The first kappa shape index (κ1) is 16.1. The summed E-state index contributed by atoms with van der Waals surface area (Å²) in [5.41, 5.74) is 0.645. The molecule has 0 aliphatic heterocycles. The summed E-state index contributed by atoms with van der Waals surface area (Å²) in [4.78, 5) is 15.8. The van der Waals surface area contributed by atoms with Gasteiger partial charge in [-0.3, -0.25) is 4.98 Å². The van der Waals surface area contributed by atoms with Gasteiger partial charge in [-0.15, -0.1) is 13.2 Å². The standard InChI is InChI=1S/C14H9ClF3NO3/c1-21-13(20)11-10(15)6-7-19-12(11)8-2-4-9(5-3-8)22-14(16,17)18/h2-7H,1H3. The van der Waals surface area contributed by atoms with Crippen LogP contribution in [0.2, 0.25) is 5.02 Å². The highest BCUT2D eigenvalue weighted by Crippen LogP contribution is 2.30. The number of esters is 1. The molecule has 0 atom stereocenters. The summed E-state index contributed by atoms with van der Waals surface area (Å²) in [5, 5.41) is 0.132. The number of rotatable bonds is 3. The van der Waals surface area contributed by atoms with E-state index in [1.54, 1.807) is 0 Å². The molecule has 0 fully saturated rings. The number of aromatic nitrogens is 1. The molecule has 22 heavy (non-hydrogen) atoms. The molecule has 0 amide bonds. The van der Waals surface area contributed by atoms with E-state index < -0.39 is 12.3 Å². The average molecular weight is 332 g/mol. The lowest BCUT2D eigenvalue weighted by Crippen LogP contribution is -2.17. The first-order valence-corrected chi connectivity index (χ1v) is 6.28. The van der Waals surface area contributed by atoms with Crippen molar-refractivity contribution in [1.29, 1.82) is 0 Å². The lowest BCUT2D eigenvalue weighted by atomic mass is 10.1. The molecule has 0 saturated carbocycles. The van der Waals surface area contributed by atoms with Gasteiger partial charge in [0.25, 0.3) is 0 Å². The fraction of sp³-hybridized carbons (Fsp3) is 0.143. The van der Waals surface area contributed by atoms with Gasteiger partial charge in [0.1, 0.15) is 11.3 Å². The van der Waals surface area contributed by atoms with Gasteiger partial charge in [0.05, 0.1) is 17.8 Å². The van der Waals surface area contributed by atoms with Crippen LogP contribution in [0, 0.1) is 0 Å². The topological polar surface area (TPSA) is 48.4 Å². The normalized spacial score (nSPS) is 11.1. The summed E-state index contributed by atoms with van der Waals surface area (Å²) in [6, 6.07) is 6.33. The molecule has 0 aliphatic rings. The number of methoxy groups -OCH3 is 1. The van der Waals surface area contributed by atoms with Crippen LogP contribution in [0.5, 0.6) is 5.75 Å². The van der Waals surface area contributed by atoms with Gasteiger partial charge < -0.3 is 9.47 Å². The van der Waals surface area contributed by atoms with E-state index in [1.807, 2.05) is 0 Å². The summed E-state index contributed by atoms with van der Waals surface area (Å²) in [7, 11) is 1.19. The molecular weight excluding hydrogens is 323 g/mol. The van der Waals surface area contributed by atoms with Crippen molar-refractivity contribution in [1.82, 2.24) is 4.98 Å². The number of hydrogen-bond acceptors (Lipinski definition) is 4. The van der Waals surface area contributed by atoms with Crippen LogP contribution in [0.3, 0.4) is 0 Å². The number of hydrogen-bond donors (Lipinski definition) is 0. The maximum Gasteiger partial charge on any atom is 0.573 e. The zero-order chi connectivity index (χ0) is 16.3. The summed E-state index contributed by atoms with van der Waals surface area (Å²) in [6.07, 6.45) is -3.39. The number of ether oxygens (including phenoxy) is 2. The first-order chi connectivity index (χ1) is 10.3. The van der Waals surface area contributed by atoms with Crippen molar-refractivity contribution < 1.29 is 27.4 Å². The number of pyridine rings is 1. The molecule has 0 saturated heterocycles. The van der Waals surface area contributed by atoms with E-state index in [-0.39, 0.29) is 22.0 Å². The fourth-order valence-electron chi connectivity index (χ4n) is 1.77. The van der Waals surface area contributed by atoms with Crippen LogP contribution in [0.25, 0.3) is 11.3 Å². The van der Waals surface area contributed by atoms with E-state index in [1.165, 1.54) is 31.5 Å². The second-order valence-electron chi connectivity index (χ2n) is 4.08. The second kappa shape index (κ2) is 6.23. The number of halogens is 4. The number of benzene rings is 1. The summed E-state index contributed by atoms with van der Waals surface area (Å²) >= 11 is 5.96. The van der Waals surface area contributed by atoms with Gasteiger partial charge >= 0.3 is 12.3 Å². The molecule has 0 radical (unpaired) electrons. The van der Waals surface area contributed by atoms with Crippen molar-refractivity contribution in [2.45, 2.75) is 6.36 Å². The summed E-state index contributed by atoms with van der Waals surface area (Å²) in [5.74, 6) is -1.07. The maximum absolute atomic E-state index is 12.1. The van der Waals surface area contributed by atoms with Crippen LogP contribution in [0.4, 0.5) is 13.2 Å². The quantitative estimate of drug-likeness (QED) is 0.795. The third-order valence-corrected chi connectivity index (χ3v) is 2.97. The maximum atomic E-state index is 12.1. The molecule has 1 heterocycles. The highest BCUT2D eigenvalue weighted by molar-refractivity contribution is 6.34. The molecule has 4 nitrogen and oxygen atoms in total. The Kier molecular flexibility index (Phi) is 4.56. The van der Waals surface area contributed by atoms with E-state index in [9.17, 15) is 18.0 Å². The lowest BCUT2D eigenvalue weighted by Gasteiger charge is -2.11. The van der Waals surface area contributed by atoms with Crippen molar-refractivity contribution in [3.8, 4) is 17.0 Å². The minimum absolute atomic E-state index is 0.0381. The Hall–Kier alpha value is -2.28. The molecule has 0 aliphatic carbocycles. The van der Waals surface area contributed by atoms with Crippen LogP contribution >= 0.6 is 11.6 Å². The van der Waals surface area contributed by atoms with Crippen molar-refractivity contribution in [3.05, 3.63) is 47.1 Å². The van der Waals surface area contributed by atoms with E-state index >= 15 is 0 Å². The van der Waals surface area contributed by atoms with Gasteiger partial charge in [-0.05, 0) is 30.3 Å². The molecule has 0 spiro atoms. The SMILES string of the molecule is COC(=O)c1c(Cl)ccnc1-c1ccc(OC(F)(F)F)cc1. The summed E-state index contributed by atoms with van der Waals surface area (Å²) < 4.78 is 44.8. The number of carbonyl (C=O) groups is 1. The zero-order valence-electron chi connectivity index (χ0n) is 11.1. The van der Waals surface area contributed by atoms with E-state index in [2.05, 4.69) is 14.5 Å². The van der Waals surface area contributed by atoms with Crippen LogP contribution in [-0.2, 0) is 4.74 Å². The van der Waals surface area contributed by atoms with E-state index in [0.717, 1.165) is 12.1 Å². The largest absolute Gasteiger partial charge is 0.573 e. The third-order valence-electron chi connectivity index (χ3n) is 2.65. The molecule has 1 aromatic carbocycles. The van der Waals surface area contributed by atoms with Crippen molar-refractivity contribution in [2.24, 2.45) is 0 Å². The van der Waals surface area contributed by atoms with Crippen LogP contribution in [-0.4, -0.2) is 24.4 Å². The Morgan fingerprint density at radius 2 is 1.82 bits per heavy atom. The minimum atomic E-state index is -4.77. The Bertz CT molecular complexity index is 687. The summed E-state index contributed by atoms with van der Waals surface area (Å²) in [6.45, 7) is 0. The predicted octanol–water partition coefficient (Wildman–Crippen LogP) is 4.09. The van der Waals surface area contributed by atoms with Crippen LogP contribution in [0.15, 0.2) is 36.5 Å². The van der Waals surface area contributed by atoms with Crippen LogP contribution < -0.4 is 4.74 Å². The molecule has 2 aromatic rings. The van der Waals surface area contributed by atoms with Gasteiger partial charge in [0, 0.05) is 11.8 Å². The predicted molar refractivity (Wildman–Crippen MR) is 72.7 cm³/mol. The Morgan fingerprint density at radius 1 is 1.18 bits per heavy atom. The zero-order valence-corrected chi connectivity index (χ0v) is 11.9. The second-order valence-corrected chi connectivity index (χ2v) is 4.49. The van der Waals surface area contributed by atoms with Crippen molar-refractivity contribution in [3.63, 3.8) is 0 Å². The average Bonchev–Trinajstić information content (AvgIpc) is 2.45. The monoisotopic (exact) mass is 331 g/mol. The third kappa shape index (κ3) is 3.67. The van der Waals surface area contributed by atoms with Crippen LogP contribution in [0.1, 0.15) is 10.4 Å². The molecule has 0 N–H and O–H groups in total. The fourth-order valence-corrected chi connectivity index (χ4v) is 1.99. The lowest BCUT2D eigenvalue weighted by molar-refractivity contribution is -0.274. The molecule has 8 heteroatoms. The number of nitrogens with zero attached hydrogens (tertiary/aromatic N) is 1. The highest BCUT2D eigenvalue weighted by Gasteiger charge is 2.31. The highest BCUT2D eigenvalue weighted by atomic mass is 35.5. The van der Waals surface area contributed by atoms with E-state index in [0.29, 0.717) is 5.56 Å². The van der Waals surface area contributed by atoms with Crippen molar-refractivity contribution >= 4 is 17.6 Å². The minimum Gasteiger partial charge on any atom is -0.465 e. The van der Waals surface area contributed by atoms with Gasteiger partial charge in [0.15, 0.2) is 0 Å². The van der Waals surface area contributed by atoms with Gasteiger partial charge in [-0.1, -0.05) is 11.6 Å². The van der Waals surface area contributed by atoms with Gasteiger partial charge in [0.2, 0.25) is 0 Å². The molecule has 116 valence electrons.